The summed E-state index contributed by atoms with van der Waals surface area (Å²) in [4.78, 5) is 18.0. The van der Waals surface area contributed by atoms with Crippen LogP contribution in [0, 0.1) is 0 Å². The molecule has 2 N–H and O–H groups in total. The summed E-state index contributed by atoms with van der Waals surface area (Å²) in [5.41, 5.74) is 2.32. The van der Waals surface area contributed by atoms with Gasteiger partial charge in [0.2, 0.25) is 0 Å². The number of fused-ring (bicyclic) bond motifs is 1. The molecule has 2 heterocycles. The number of likely N-dealkylation sites (N-methyl/N-ethyl adjacent to an activating group) is 2. The van der Waals surface area contributed by atoms with Crippen LogP contribution in [0.1, 0.15) is 10.4 Å². The molecule has 114 valence electrons. The van der Waals surface area contributed by atoms with Crippen molar-refractivity contribution in [3.05, 3.63) is 23.8 Å². The van der Waals surface area contributed by atoms with Gasteiger partial charge >= 0.3 is 5.97 Å². The number of benzene rings is 1. The lowest BCUT2D eigenvalue weighted by atomic mass is 10.2. The van der Waals surface area contributed by atoms with Crippen LogP contribution >= 0.6 is 0 Å². The first kappa shape index (κ1) is 14.2. The van der Waals surface area contributed by atoms with Crippen molar-refractivity contribution in [3.8, 4) is 0 Å². The maximum Gasteiger partial charge on any atom is 0.335 e. The molecule has 0 aromatic heterocycles. The minimum Gasteiger partial charge on any atom is -0.478 e. The first-order valence-electron chi connectivity index (χ1n) is 7.32. The van der Waals surface area contributed by atoms with E-state index in [4.69, 9.17) is 5.11 Å². The fourth-order valence-electron chi connectivity index (χ4n) is 2.97. The lowest BCUT2D eigenvalue weighted by Crippen LogP contribution is -2.50. The molecule has 2 aliphatic heterocycles. The molecule has 2 aliphatic rings. The highest BCUT2D eigenvalue weighted by molar-refractivity contribution is 5.91. The Hall–Kier alpha value is -1.79. The zero-order valence-corrected chi connectivity index (χ0v) is 12.5. The van der Waals surface area contributed by atoms with Crippen LogP contribution in [-0.2, 0) is 0 Å². The maximum atomic E-state index is 11.1. The zero-order chi connectivity index (χ0) is 15.0. The standard InChI is InChI=1S/C15H22N4O2/c1-17-5-7-19(8-6-17)10-14-16-12-4-3-11(15(20)21)9-13(12)18(14)2/h3-4,9,14,16H,5-8,10H2,1-2H3,(H,20,21). The second kappa shape index (κ2) is 5.54. The fraction of sp³-hybridized carbons (Fsp3) is 0.533. The van der Waals surface area contributed by atoms with Crippen molar-refractivity contribution in [2.24, 2.45) is 0 Å². The van der Waals surface area contributed by atoms with Gasteiger partial charge in [-0.05, 0) is 25.2 Å². The SMILES string of the molecule is CN1CCN(CC2Nc3ccc(C(=O)O)cc3N2C)CC1. The Morgan fingerprint density at radius 2 is 2.00 bits per heavy atom. The van der Waals surface area contributed by atoms with Crippen molar-refractivity contribution in [1.29, 1.82) is 0 Å². The molecule has 0 saturated carbocycles. The number of carboxylic acid groups (broad SMARTS) is 1. The number of hydrogen-bond acceptors (Lipinski definition) is 5. The van der Waals surface area contributed by atoms with Crippen LogP contribution in [0.2, 0.25) is 0 Å². The van der Waals surface area contributed by atoms with Crippen LogP contribution in [0.3, 0.4) is 0 Å². The second-order valence-corrected chi connectivity index (χ2v) is 5.91. The molecule has 0 spiro atoms. The number of carbonyl (C=O) groups is 1. The van der Waals surface area contributed by atoms with Crippen LogP contribution in [-0.4, -0.2) is 73.9 Å². The van der Waals surface area contributed by atoms with E-state index in [1.54, 1.807) is 12.1 Å². The van der Waals surface area contributed by atoms with Crippen LogP contribution in [0.25, 0.3) is 0 Å². The molecule has 1 atom stereocenters. The molecular formula is C15H22N4O2. The van der Waals surface area contributed by atoms with Gasteiger partial charge in [-0.1, -0.05) is 0 Å². The largest absolute Gasteiger partial charge is 0.478 e. The summed E-state index contributed by atoms with van der Waals surface area (Å²) in [6.45, 7) is 5.32. The predicted octanol–water partition coefficient (Wildman–Crippen LogP) is 0.820. The van der Waals surface area contributed by atoms with Crippen molar-refractivity contribution < 1.29 is 9.90 Å². The summed E-state index contributed by atoms with van der Waals surface area (Å²) >= 11 is 0. The van der Waals surface area contributed by atoms with Gasteiger partial charge in [0, 0.05) is 39.8 Å². The second-order valence-electron chi connectivity index (χ2n) is 5.91. The zero-order valence-electron chi connectivity index (χ0n) is 12.5. The molecule has 6 heteroatoms. The average molecular weight is 290 g/mol. The quantitative estimate of drug-likeness (QED) is 0.859. The molecule has 21 heavy (non-hydrogen) atoms. The molecule has 1 aromatic carbocycles. The van der Waals surface area contributed by atoms with Crippen molar-refractivity contribution in [1.82, 2.24) is 9.80 Å². The summed E-state index contributed by atoms with van der Waals surface area (Å²) in [6, 6.07) is 5.26. The predicted molar refractivity (Wildman–Crippen MR) is 83.2 cm³/mol. The highest BCUT2D eigenvalue weighted by atomic mass is 16.4. The first-order chi connectivity index (χ1) is 10.0. The number of carboxylic acids is 1. The number of nitrogens with one attached hydrogen (secondary N) is 1. The summed E-state index contributed by atoms with van der Waals surface area (Å²) < 4.78 is 0. The molecule has 0 radical (unpaired) electrons. The van der Waals surface area contributed by atoms with E-state index in [0.29, 0.717) is 5.56 Å². The fourth-order valence-corrected chi connectivity index (χ4v) is 2.97. The van der Waals surface area contributed by atoms with Gasteiger partial charge in [0.15, 0.2) is 0 Å². The third-order valence-electron chi connectivity index (χ3n) is 4.44. The minimum atomic E-state index is -0.881. The van der Waals surface area contributed by atoms with Crippen molar-refractivity contribution in [2.75, 3.05) is 57.0 Å². The molecule has 1 fully saturated rings. The van der Waals surface area contributed by atoms with E-state index >= 15 is 0 Å². The van der Waals surface area contributed by atoms with Crippen LogP contribution in [0.4, 0.5) is 11.4 Å². The molecule has 0 amide bonds. The normalized spacial score (nSPS) is 23.0. The number of anilines is 2. The van der Waals surface area contributed by atoms with Crippen molar-refractivity contribution in [3.63, 3.8) is 0 Å². The summed E-state index contributed by atoms with van der Waals surface area (Å²) in [6.07, 6.45) is 0.201. The van der Waals surface area contributed by atoms with Gasteiger partial charge in [-0.25, -0.2) is 4.79 Å². The van der Waals surface area contributed by atoms with Gasteiger partial charge in [0.1, 0.15) is 6.17 Å². The van der Waals surface area contributed by atoms with Gasteiger partial charge in [0.05, 0.1) is 16.9 Å². The van der Waals surface area contributed by atoms with Crippen LogP contribution < -0.4 is 10.2 Å². The van der Waals surface area contributed by atoms with Gasteiger partial charge in [-0.3, -0.25) is 4.90 Å². The number of rotatable bonds is 3. The third kappa shape index (κ3) is 2.82. The number of nitrogens with zero attached hydrogens (tertiary/aromatic N) is 3. The molecule has 6 nitrogen and oxygen atoms in total. The van der Waals surface area contributed by atoms with E-state index in [1.807, 2.05) is 13.1 Å². The lowest BCUT2D eigenvalue weighted by molar-refractivity contribution is 0.0697. The average Bonchev–Trinajstić information content (AvgIpc) is 2.77. The third-order valence-corrected chi connectivity index (χ3v) is 4.44. The Kier molecular flexibility index (Phi) is 3.73. The van der Waals surface area contributed by atoms with E-state index in [9.17, 15) is 4.79 Å². The highest BCUT2D eigenvalue weighted by Gasteiger charge is 2.28. The monoisotopic (exact) mass is 290 g/mol. The van der Waals surface area contributed by atoms with Crippen LogP contribution in [0.15, 0.2) is 18.2 Å². The molecule has 3 rings (SSSR count). The Bertz CT molecular complexity index is 540. The van der Waals surface area contributed by atoms with E-state index in [-0.39, 0.29) is 6.17 Å². The van der Waals surface area contributed by atoms with Crippen molar-refractivity contribution >= 4 is 17.3 Å². The lowest BCUT2D eigenvalue weighted by Gasteiger charge is -2.35. The van der Waals surface area contributed by atoms with E-state index in [1.165, 1.54) is 0 Å². The van der Waals surface area contributed by atoms with Crippen LogP contribution in [0.5, 0.6) is 0 Å². The van der Waals surface area contributed by atoms with Gasteiger partial charge < -0.3 is 20.2 Å². The van der Waals surface area contributed by atoms with E-state index in [0.717, 1.165) is 44.1 Å². The Balaban J connectivity index is 1.69. The Morgan fingerprint density at radius 1 is 1.29 bits per heavy atom. The summed E-state index contributed by atoms with van der Waals surface area (Å²) in [7, 11) is 4.17. The molecular weight excluding hydrogens is 268 g/mol. The van der Waals surface area contributed by atoms with Gasteiger partial charge in [0.25, 0.3) is 0 Å². The molecule has 0 bridgehead atoms. The first-order valence-corrected chi connectivity index (χ1v) is 7.32. The maximum absolute atomic E-state index is 11.1. The number of piperazine rings is 1. The molecule has 1 saturated heterocycles. The molecule has 0 aliphatic carbocycles. The van der Waals surface area contributed by atoms with E-state index < -0.39 is 5.97 Å². The summed E-state index contributed by atoms with van der Waals surface area (Å²) in [5, 5.41) is 12.6. The van der Waals surface area contributed by atoms with Gasteiger partial charge in [-0.2, -0.15) is 0 Å². The number of hydrogen-bond donors (Lipinski definition) is 2. The highest BCUT2D eigenvalue weighted by Crippen LogP contribution is 2.34. The van der Waals surface area contributed by atoms with E-state index in [2.05, 4.69) is 27.1 Å². The molecule has 1 unspecified atom stereocenters. The van der Waals surface area contributed by atoms with Crippen molar-refractivity contribution in [2.45, 2.75) is 6.17 Å². The Labute approximate surface area is 124 Å². The van der Waals surface area contributed by atoms with Gasteiger partial charge in [-0.15, -0.1) is 0 Å². The topological polar surface area (TPSA) is 59.1 Å². The summed E-state index contributed by atoms with van der Waals surface area (Å²) in [5.74, 6) is -0.881. The molecule has 1 aromatic rings. The Morgan fingerprint density at radius 3 is 2.67 bits per heavy atom. The number of aromatic carboxylic acids is 1. The smallest absolute Gasteiger partial charge is 0.335 e. The minimum absolute atomic E-state index is 0.201.